The number of rotatable bonds is 12. The van der Waals surface area contributed by atoms with E-state index >= 15 is 0 Å². The minimum Gasteiger partial charge on any atom is -0.459 e. The van der Waals surface area contributed by atoms with E-state index in [0.29, 0.717) is 0 Å². The summed E-state index contributed by atoms with van der Waals surface area (Å²) in [5.41, 5.74) is 0. The van der Waals surface area contributed by atoms with Gasteiger partial charge >= 0.3 is 11.9 Å². The summed E-state index contributed by atoms with van der Waals surface area (Å²) in [6.07, 6.45) is 13.5. The van der Waals surface area contributed by atoms with Gasteiger partial charge in [0.15, 0.2) is 0 Å². The SMILES string of the molecule is C=CC(=O)OCCOC(=O)C=C.CCCCCCCCCC. The van der Waals surface area contributed by atoms with Crippen molar-refractivity contribution in [2.24, 2.45) is 0 Å². The summed E-state index contributed by atoms with van der Waals surface area (Å²) in [4.78, 5) is 20.9. The Balaban J connectivity index is 0. The lowest BCUT2D eigenvalue weighted by atomic mass is 10.1. The number of carbonyl (C=O) groups excluding carboxylic acids is 2. The maximum atomic E-state index is 10.4. The van der Waals surface area contributed by atoms with Gasteiger partial charge in [0.2, 0.25) is 0 Å². The monoisotopic (exact) mass is 312 g/mol. The summed E-state index contributed by atoms with van der Waals surface area (Å²) in [7, 11) is 0. The summed E-state index contributed by atoms with van der Waals surface area (Å²) in [6.45, 7) is 11.0. The predicted molar refractivity (Wildman–Crippen MR) is 90.6 cm³/mol. The maximum absolute atomic E-state index is 10.4. The molecule has 0 aromatic heterocycles. The molecule has 0 radical (unpaired) electrons. The van der Waals surface area contributed by atoms with Crippen molar-refractivity contribution < 1.29 is 19.1 Å². The van der Waals surface area contributed by atoms with E-state index in [4.69, 9.17) is 0 Å². The Kier molecular flexibility index (Phi) is 20.0. The van der Waals surface area contributed by atoms with Gasteiger partial charge in [-0.15, -0.1) is 0 Å². The highest BCUT2D eigenvalue weighted by atomic mass is 16.6. The highest BCUT2D eigenvalue weighted by molar-refractivity contribution is 5.81. The summed E-state index contributed by atoms with van der Waals surface area (Å²) in [6, 6.07) is 0. The van der Waals surface area contributed by atoms with Crippen LogP contribution in [0.2, 0.25) is 0 Å². The van der Waals surface area contributed by atoms with E-state index in [9.17, 15) is 9.59 Å². The summed E-state index contributed by atoms with van der Waals surface area (Å²) >= 11 is 0. The lowest BCUT2D eigenvalue weighted by Gasteiger charge is -2.01. The zero-order valence-electron chi connectivity index (χ0n) is 14.3. The molecular formula is C18H32O4. The minimum atomic E-state index is -0.537. The van der Waals surface area contributed by atoms with Crippen LogP contribution in [-0.4, -0.2) is 25.2 Å². The maximum Gasteiger partial charge on any atom is 0.330 e. The van der Waals surface area contributed by atoms with Crippen molar-refractivity contribution in [1.29, 1.82) is 0 Å². The predicted octanol–water partition coefficient (Wildman–Crippen LogP) is 4.59. The normalized spacial score (nSPS) is 9.18. The summed E-state index contributed by atoms with van der Waals surface area (Å²) in [5.74, 6) is -1.07. The number of esters is 2. The van der Waals surface area contributed by atoms with Gasteiger partial charge in [-0.1, -0.05) is 78.4 Å². The molecule has 0 N–H and O–H groups in total. The first-order chi connectivity index (χ1) is 10.6. The third kappa shape index (κ3) is 20.7. The van der Waals surface area contributed by atoms with Gasteiger partial charge in [-0.2, -0.15) is 0 Å². The van der Waals surface area contributed by atoms with Crippen LogP contribution in [0, 0.1) is 0 Å². The summed E-state index contributed by atoms with van der Waals surface area (Å²) in [5, 5.41) is 0. The van der Waals surface area contributed by atoms with Crippen molar-refractivity contribution in [1.82, 2.24) is 0 Å². The molecule has 0 saturated carbocycles. The van der Waals surface area contributed by atoms with Crippen molar-refractivity contribution in [3.63, 3.8) is 0 Å². The van der Waals surface area contributed by atoms with E-state index in [1.165, 1.54) is 51.4 Å². The Labute approximate surface area is 135 Å². The van der Waals surface area contributed by atoms with Crippen LogP contribution in [0.5, 0.6) is 0 Å². The van der Waals surface area contributed by atoms with Crippen LogP contribution in [0.1, 0.15) is 65.2 Å². The second-order valence-electron chi connectivity index (χ2n) is 4.86. The van der Waals surface area contributed by atoms with Gasteiger partial charge in [-0.25, -0.2) is 9.59 Å². The molecule has 0 aliphatic carbocycles. The van der Waals surface area contributed by atoms with Crippen molar-refractivity contribution >= 4 is 11.9 Å². The zero-order valence-corrected chi connectivity index (χ0v) is 14.3. The number of hydrogen-bond donors (Lipinski definition) is 0. The standard InChI is InChI=1S/C10H22.C8H10O4/c1-3-5-7-9-10-8-6-4-2;1-3-7(9)11-5-6-12-8(10)4-2/h3-10H2,1-2H3;3-4H,1-2,5-6H2. The molecule has 4 heteroatoms. The first-order valence-corrected chi connectivity index (χ1v) is 8.20. The van der Waals surface area contributed by atoms with Gasteiger partial charge in [0, 0.05) is 12.2 Å². The lowest BCUT2D eigenvalue weighted by Crippen LogP contribution is -2.10. The van der Waals surface area contributed by atoms with Crippen LogP contribution in [0.3, 0.4) is 0 Å². The third-order valence-electron chi connectivity index (χ3n) is 2.86. The molecule has 4 nitrogen and oxygen atoms in total. The number of carbonyl (C=O) groups is 2. The fourth-order valence-electron chi connectivity index (χ4n) is 1.61. The molecule has 0 bridgehead atoms. The second-order valence-corrected chi connectivity index (χ2v) is 4.86. The van der Waals surface area contributed by atoms with Crippen LogP contribution < -0.4 is 0 Å². The Morgan fingerprint density at radius 2 is 1.05 bits per heavy atom. The van der Waals surface area contributed by atoms with Crippen LogP contribution in [0.25, 0.3) is 0 Å². The number of hydrogen-bond acceptors (Lipinski definition) is 4. The molecule has 0 amide bonds. The van der Waals surface area contributed by atoms with E-state index in [1.54, 1.807) is 0 Å². The fraction of sp³-hybridized carbons (Fsp3) is 0.667. The minimum absolute atomic E-state index is 0.0322. The Bertz CT molecular complexity index is 267. The van der Waals surface area contributed by atoms with E-state index < -0.39 is 11.9 Å². The molecule has 0 atom stereocenters. The molecule has 0 aliphatic heterocycles. The van der Waals surface area contributed by atoms with Crippen molar-refractivity contribution in [2.45, 2.75) is 65.2 Å². The van der Waals surface area contributed by atoms with Crippen LogP contribution in [0.15, 0.2) is 25.3 Å². The van der Waals surface area contributed by atoms with Gasteiger partial charge in [-0.3, -0.25) is 0 Å². The molecule has 0 spiro atoms. The fourth-order valence-corrected chi connectivity index (χ4v) is 1.61. The van der Waals surface area contributed by atoms with Crippen molar-refractivity contribution in [2.75, 3.05) is 13.2 Å². The van der Waals surface area contributed by atoms with Gasteiger partial charge in [-0.05, 0) is 0 Å². The summed E-state index contributed by atoms with van der Waals surface area (Å²) < 4.78 is 9.04. The smallest absolute Gasteiger partial charge is 0.330 e. The average molecular weight is 312 g/mol. The van der Waals surface area contributed by atoms with Gasteiger partial charge in [0.25, 0.3) is 0 Å². The molecule has 0 fully saturated rings. The molecule has 0 heterocycles. The van der Waals surface area contributed by atoms with Crippen LogP contribution in [-0.2, 0) is 19.1 Å². The van der Waals surface area contributed by atoms with E-state index in [2.05, 4.69) is 36.5 Å². The average Bonchev–Trinajstić information content (AvgIpc) is 2.55. The van der Waals surface area contributed by atoms with E-state index in [-0.39, 0.29) is 13.2 Å². The largest absolute Gasteiger partial charge is 0.459 e. The molecular weight excluding hydrogens is 280 g/mol. The van der Waals surface area contributed by atoms with E-state index in [0.717, 1.165) is 12.2 Å². The molecule has 0 rings (SSSR count). The van der Waals surface area contributed by atoms with Crippen molar-refractivity contribution in [3.05, 3.63) is 25.3 Å². The molecule has 22 heavy (non-hydrogen) atoms. The van der Waals surface area contributed by atoms with Gasteiger partial charge < -0.3 is 9.47 Å². The first-order valence-electron chi connectivity index (χ1n) is 8.20. The zero-order chi connectivity index (χ0) is 17.1. The van der Waals surface area contributed by atoms with Crippen molar-refractivity contribution in [3.8, 4) is 0 Å². The molecule has 0 saturated heterocycles. The lowest BCUT2D eigenvalue weighted by molar-refractivity contribution is -0.146. The Hall–Kier alpha value is -1.58. The number of ether oxygens (including phenoxy) is 2. The molecule has 128 valence electrons. The number of unbranched alkanes of at least 4 members (excludes halogenated alkanes) is 7. The Morgan fingerprint density at radius 3 is 1.32 bits per heavy atom. The third-order valence-corrected chi connectivity index (χ3v) is 2.86. The molecule has 0 aromatic rings. The highest BCUT2D eigenvalue weighted by Crippen LogP contribution is 2.07. The second kappa shape index (κ2) is 19.4. The molecule has 0 unspecified atom stereocenters. The highest BCUT2D eigenvalue weighted by Gasteiger charge is 1.97. The van der Waals surface area contributed by atoms with Gasteiger partial charge in [0.05, 0.1) is 0 Å². The van der Waals surface area contributed by atoms with E-state index in [1.807, 2.05) is 0 Å². The molecule has 0 aromatic carbocycles. The van der Waals surface area contributed by atoms with Crippen LogP contribution >= 0.6 is 0 Å². The Morgan fingerprint density at radius 1 is 0.727 bits per heavy atom. The topological polar surface area (TPSA) is 52.6 Å². The molecule has 0 aliphatic rings. The first kappa shape index (κ1) is 22.7. The quantitative estimate of drug-likeness (QED) is 0.300. The van der Waals surface area contributed by atoms with Gasteiger partial charge in [0.1, 0.15) is 13.2 Å². The van der Waals surface area contributed by atoms with Crippen LogP contribution in [0.4, 0.5) is 0 Å².